The van der Waals surface area contributed by atoms with Crippen molar-refractivity contribution in [1.82, 2.24) is 0 Å². The molecule has 58 heavy (non-hydrogen) atoms. The number of furan rings is 1. The molecule has 0 N–H and O–H groups in total. The fourth-order valence-corrected chi connectivity index (χ4v) is 9.73. The molecule has 0 aliphatic rings. The Balaban J connectivity index is 1.08. The molecule has 0 bridgehead atoms. The maximum absolute atomic E-state index is 6.66. The van der Waals surface area contributed by atoms with Crippen LogP contribution in [0.4, 0.5) is 0 Å². The molecule has 0 aliphatic carbocycles. The Morgan fingerprint density at radius 2 is 1.24 bits per heavy atom. The molecule has 2 heterocycles. The number of hydrogen-bond acceptors (Lipinski definition) is 3. The second-order valence-corrected chi connectivity index (χ2v) is 16.0. The Morgan fingerprint density at radius 3 is 2.09 bits per heavy atom. The smallest absolute Gasteiger partial charge is 0.143 e. The normalized spacial score (nSPS) is 12.8. The van der Waals surface area contributed by atoms with Crippen LogP contribution in [0.3, 0.4) is 0 Å². The minimum atomic E-state index is 0.725. The highest BCUT2D eigenvalue weighted by Gasteiger charge is 2.18. The lowest BCUT2D eigenvalue weighted by Crippen LogP contribution is -2.03. The zero-order valence-corrected chi connectivity index (χ0v) is 33.4. The third-order valence-corrected chi connectivity index (χ3v) is 12.4. The van der Waals surface area contributed by atoms with E-state index in [0.717, 1.165) is 74.0 Å². The summed E-state index contributed by atoms with van der Waals surface area (Å²) in [5, 5.41) is 7.26. The number of hydrogen-bond donors (Lipinski definition) is 0. The van der Waals surface area contributed by atoms with Crippen molar-refractivity contribution in [3.05, 3.63) is 204 Å². The van der Waals surface area contributed by atoms with Crippen LogP contribution in [0, 0.1) is 0 Å². The van der Waals surface area contributed by atoms with Crippen LogP contribution in [0.5, 0.6) is 0 Å². The van der Waals surface area contributed by atoms with Crippen molar-refractivity contribution in [2.45, 2.75) is 26.7 Å². The van der Waals surface area contributed by atoms with E-state index in [2.05, 4.69) is 202 Å². The van der Waals surface area contributed by atoms with Crippen LogP contribution in [-0.2, 0) is 0 Å². The predicted molar refractivity (Wildman–Crippen MR) is 251 cm³/mol. The van der Waals surface area contributed by atoms with E-state index in [4.69, 9.17) is 9.41 Å². The van der Waals surface area contributed by atoms with Gasteiger partial charge in [-0.3, -0.25) is 4.99 Å². The van der Waals surface area contributed by atoms with Crippen molar-refractivity contribution < 1.29 is 4.42 Å². The van der Waals surface area contributed by atoms with Gasteiger partial charge in [0.2, 0.25) is 0 Å². The van der Waals surface area contributed by atoms with Gasteiger partial charge in [0.05, 0.1) is 11.4 Å². The van der Waals surface area contributed by atoms with Gasteiger partial charge in [-0.25, -0.2) is 0 Å². The first-order valence-corrected chi connectivity index (χ1v) is 20.9. The molecule has 8 aromatic carbocycles. The number of para-hydroxylation sites is 1. The van der Waals surface area contributed by atoms with E-state index in [1.807, 2.05) is 11.3 Å². The molecule has 0 aliphatic heterocycles. The van der Waals surface area contributed by atoms with Crippen molar-refractivity contribution in [1.29, 1.82) is 0 Å². The third-order valence-electron chi connectivity index (χ3n) is 11.1. The van der Waals surface area contributed by atoms with Gasteiger partial charge in [-0.2, -0.15) is 0 Å². The van der Waals surface area contributed by atoms with Crippen LogP contribution < -0.4 is 0 Å². The summed E-state index contributed by atoms with van der Waals surface area (Å²) in [5.41, 5.74) is 13.2. The van der Waals surface area contributed by atoms with E-state index in [1.54, 1.807) is 0 Å². The van der Waals surface area contributed by atoms with Gasteiger partial charge < -0.3 is 4.42 Å². The zero-order valence-electron chi connectivity index (χ0n) is 32.6. The Morgan fingerprint density at radius 1 is 0.586 bits per heavy atom. The zero-order chi connectivity index (χ0) is 39.0. The van der Waals surface area contributed by atoms with Gasteiger partial charge in [-0.1, -0.05) is 188 Å². The summed E-state index contributed by atoms with van der Waals surface area (Å²) < 4.78 is 9.32. The third kappa shape index (κ3) is 6.44. The van der Waals surface area contributed by atoms with E-state index < -0.39 is 0 Å². The fourth-order valence-electron chi connectivity index (χ4n) is 8.54. The Bertz CT molecular complexity index is 3230. The van der Waals surface area contributed by atoms with Gasteiger partial charge in [-0.15, -0.1) is 11.3 Å². The van der Waals surface area contributed by atoms with E-state index in [9.17, 15) is 0 Å². The SMILES string of the molecule is CC/C=C(/N=C(\C/C(C)=C\c1cccc2c1sc1ccccc12)c1ccccc1)c1cccc2c(-c3cccc4oc5c(-c6ccccc6)cccc5c34)cccc12. The maximum atomic E-state index is 6.66. The predicted octanol–water partition coefficient (Wildman–Crippen LogP) is 16.2. The largest absolute Gasteiger partial charge is 0.455 e. The molecule has 0 saturated carbocycles. The van der Waals surface area contributed by atoms with E-state index >= 15 is 0 Å². The second-order valence-electron chi connectivity index (χ2n) is 14.9. The van der Waals surface area contributed by atoms with Crippen LogP contribution >= 0.6 is 11.3 Å². The molecule has 0 saturated heterocycles. The number of fused-ring (bicyclic) bond motifs is 7. The lowest BCUT2D eigenvalue weighted by Gasteiger charge is -2.14. The van der Waals surface area contributed by atoms with Gasteiger partial charge >= 0.3 is 0 Å². The van der Waals surface area contributed by atoms with Crippen molar-refractivity contribution in [3.8, 4) is 22.3 Å². The molecular weight excluding hydrogens is 723 g/mol. The van der Waals surface area contributed by atoms with Gasteiger partial charge in [-0.05, 0) is 64.1 Å². The number of thiophene rings is 1. The number of allylic oxidation sites excluding steroid dienone is 2. The van der Waals surface area contributed by atoms with E-state index in [-0.39, 0.29) is 0 Å². The monoisotopic (exact) mass is 763 g/mol. The summed E-state index contributed by atoms with van der Waals surface area (Å²) in [6.07, 6.45) is 6.22. The average molecular weight is 764 g/mol. The molecule has 2 nitrogen and oxygen atoms in total. The first kappa shape index (κ1) is 35.6. The van der Waals surface area contributed by atoms with Crippen LogP contribution in [-0.4, -0.2) is 5.71 Å². The van der Waals surface area contributed by atoms with Crippen LogP contribution in [0.2, 0.25) is 0 Å². The average Bonchev–Trinajstić information content (AvgIpc) is 3.86. The van der Waals surface area contributed by atoms with E-state index in [1.165, 1.54) is 47.6 Å². The first-order chi connectivity index (χ1) is 28.6. The van der Waals surface area contributed by atoms with Crippen molar-refractivity contribution >= 4 is 81.7 Å². The highest BCUT2D eigenvalue weighted by atomic mass is 32.1. The number of nitrogens with zero attached hydrogens (tertiary/aromatic N) is 1. The number of aliphatic imine (C=N–C) groups is 1. The Kier molecular flexibility index (Phi) is 9.37. The first-order valence-electron chi connectivity index (χ1n) is 20.1. The van der Waals surface area contributed by atoms with Crippen LogP contribution in [0.1, 0.15) is 43.4 Å². The molecule has 10 aromatic rings. The van der Waals surface area contributed by atoms with Gasteiger partial charge in [0, 0.05) is 48.5 Å². The number of rotatable bonds is 9. The highest BCUT2D eigenvalue weighted by Crippen LogP contribution is 2.43. The summed E-state index contributed by atoms with van der Waals surface area (Å²) in [6, 6.07) is 62.8. The molecule has 0 fully saturated rings. The lowest BCUT2D eigenvalue weighted by atomic mass is 9.91. The maximum Gasteiger partial charge on any atom is 0.143 e. The Hall–Kier alpha value is -6.81. The lowest BCUT2D eigenvalue weighted by molar-refractivity contribution is 0.670. The van der Waals surface area contributed by atoms with Crippen molar-refractivity contribution in [3.63, 3.8) is 0 Å². The van der Waals surface area contributed by atoms with Crippen molar-refractivity contribution in [2.75, 3.05) is 0 Å². The second kappa shape index (κ2) is 15.3. The topological polar surface area (TPSA) is 25.5 Å². The Labute approximate surface area is 342 Å². The van der Waals surface area contributed by atoms with Crippen LogP contribution in [0.25, 0.3) is 86.9 Å². The molecule has 2 aromatic heterocycles. The van der Waals surface area contributed by atoms with E-state index in [0.29, 0.717) is 0 Å². The van der Waals surface area contributed by atoms with Gasteiger partial charge in [0.25, 0.3) is 0 Å². The standard InChI is InChI=1S/C55H41NOS/c1-3-17-49(56-50(38-20-8-5-9-21-38)35-36(2)34-39-22-12-30-47-45-23-10-11-33-52(45)58-55(39)47)44-28-15-25-41-42(44)26-14-27-43(41)46-29-16-32-51-53(46)48-31-13-24-40(54(48)57-51)37-18-6-4-7-19-37/h4-34H,3,35H2,1-2H3/b36-34-,49-17+,56-50+. The minimum Gasteiger partial charge on any atom is -0.455 e. The summed E-state index contributed by atoms with van der Waals surface area (Å²) >= 11 is 1.87. The molecule has 0 unspecified atom stereocenters. The summed E-state index contributed by atoms with van der Waals surface area (Å²) in [7, 11) is 0. The number of benzene rings is 8. The van der Waals surface area contributed by atoms with Crippen LogP contribution in [0.15, 0.2) is 197 Å². The molecule has 10 rings (SSSR count). The highest BCUT2D eigenvalue weighted by molar-refractivity contribution is 7.26. The quantitative estimate of drug-likeness (QED) is 0.134. The molecule has 3 heteroatoms. The van der Waals surface area contributed by atoms with Crippen molar-refractivity contribution in [2.24, 2.45) is 4.99 Å². The molecule has 0 atom stereocenters. The molecule has 0 amide bonds. The molecule has 0 spiro atoms. The molecular formula is C55H41NOS. The fraction of sp³-hybridized carbons (Fsp3) is 0.0727. The van der Waals surface area contributed by atoms with Gasteiger partial charge in [0.1, 0.15) is 11.2 Å². The molecule has 278 valence electrons. The minimum absolute atomic E-state index is 0.725. The summed E-state index contributed by atoms with van der Waals surface area (Å²) in [5.74, 6) is 0. The summed E-state index contributed by atoms with van der Waals surface area (Å²) in [6.45, 7) is 4.43. The van der Waals surface area contributed by atoms with Gasteiger partial charge in [0.15, 0.2) is 0 Å². The molecule has 0 radical (unpaired) electrons. The summed E-state index contributed by atoms with van der Waals surface area (Å²) in [4.78, 5) is 5.58.